The summed E-state index contributed by atoms with van der Waals surface area (Å²) in [4.78, 5) is 16.8. The van der Waals surface area contributed by atoms with Gasteiger partial charge in [-0.1, -0.05) is 44.0 Å². The lowest BCUT2D eigenvalue weighted by atomic mass is 10.0. The lowest BCUT2D eigenvalue weighted by molar-refractivity contribution is 1.13. The van der Waals surface area contributed by atoms with E-state index < -0.39 is 0 Å². The van der Waals surface area contributed by atoms with E-state index in [-0.39, 0.29) is 11.1 Å². The first-order valence-corrected chi connectivity index (χ1v) is 7.88. The second kappa shape index (κ2) is 5.39. The molecule has 1 unspecified atom stereocenters. The van der Waals surface area contributed by atoms with Gasteiger partial charge in [-0.15, -0.1) is 11.6 Å². The summed E-state index contributed by atoms with van der Waals surface area (Å²) < 4.78 is 1.87. The van der Waals surface area contributed by atoms with E-state index in [4.69, 9.17) is 11.6 Å². The molecule has 102 valence electrons. The third kappa shape index (κ3) is 2.57. The van der Waals surface area contributed by atoms with Crippen LogP contribution < -0.4 is 5.69 Å². The van der Waals surface area contributed by atoms with Crippen LogP contribution in [0.1, 0.15) is 16.5 Å². The minimum absolute atomic E-state index is 0.223. The first-order chi connectivity index (χ1) is 9.54. The van der Waals surface area contributed by atoms with Crippen molar-refractivity contribution in [3.05, 3.63) is 67.0 Å². The fourth-order valence-electron chi connectivity index (χ4n) is 2.08. The van der Waals surface area contributed by atoms with E-state index in [9.17, 15) is 4.79 Å². The molecule has 2 aromatic carbocycles. The average molecular weight is 416 g/mol. The van der Waals surface area contributed by atoms with Gasteiger partial charge in [-0.25, -0.2) is 4.79 Å². The van der Waals surface area contributed by atoms with E-state index in [1.165, 1.54) is 0 Å². The van der Waals surface area contributed by atoms with Gasteiger partial charge in [0.1, 0.15) is 0 Å². The van der Waals surface area contributed by atoms with Crippen LogP contribution in [0.15, 0.2) is 50.1 Å². The molecule has 3 aromatic rings. The number of aromatic nitrogens is 2. The summed E-state index contributed by atoms with van der Waals surface area (Å²) in [6.07, 6.45) is 0. The SMILES string of the molecule is O=c1[nH]c2cc(Br)c(C(Cl)c3ccc(Br)cc3)cc2[nH]1. The number of hydrogen-bond donors (Lipinski definition) is 2. The molecule has 0 bridgehead atoms. The Hall–Kier alpha value is -1.04. The van der Waals surface area contributed by atoms with Gasteiger partial charge in [-0.3, -0.25) is 0 Å². The number of imidazole rings is 1. The molecule has 0 saturated carbocycles. The molecule has 0 radical (unpaired) electrons. The number of nitrogens with one attached hydrogen (secondary N) is 2. The molecule has 6 heteroatoms. The molecular formula is C14H9Br2ClN2O. The molecule has 0 aliphatic rings. The first-order valence-electron chi connectivity index (χ1n) is 5.85. The number of fused-ring (bicyclic) bond motifs is 1. The standard InChI is InChI=1S/C14H9Br2ClN2O/c15-8-3-1-7(2-4-8)13(17)9-5-11-12(6-10(9)16)19-14(20)18-11/h1-6,13H,(H2,18,19,20). The lowest BCUT2D eigenvalue weighted by Gasteiger charge is -2.12. The highest BCUT2D eigenvalue weighted by Crippen LogP contribution is 2.35. The Morgan fingerprint density at radius 2 is 1.60 bits per heavy atom. The van der Waals surface area contributed by atoms with Crippen LogP contribution in [0.25, 0.3) is 11.0 Å². The zero-order chi connectivity index (χ0) is 14.3. The third-order valence-electron chi connectivity index (χ3n) is 3.07. The van der Waals surface area contributed by atoms with Crippen LogP contribution in [0.2, 0.25) is 0 Å². The quantitative estimate of drug-likeness (QED) is 0.584. The molecule has 1 atom stereocenters. The Labute approximate surface area is 136 Å². The molecule has 1 aromatic heterocycles. The number of rotatable bonds is 2. The summed E-state index contributed by atoms with van der Waals surface area (Å²) in [5.41, 5.74) is 3.18. The number of halogens is 3. The van der Waals surface area contributed by atoms with Gasteiger partial charge in [0.2, 0.25) is 0 Å². The maximum atomic E-state index is 11.3. The van der Waals surface area contributed by atoms with Gasteiger partial charge >= 0.3 is 5.69 Å². The molecule has 2 N–H and O–H groups in total. The Morgan fingerprint density at radius 3 is 2.25 bits per heavy atom. The fourth-order valence-corrected chi connectivity index (χ4v) is 3.37. The zero-order valence-corrected chi connectivity index (χ0v) is 14.0. The van der Waals surface area contributed by atoms with Crippen molar-refractivity contribution in [2.45, 2.75) is 5.38 Å². The van der Waals surface area contributed by atoms with Crippen LogP contribution in [0.3, 0.4) is 0 Å². The van der Waals surface area contributed by atoms with E-state index in [1.54, 1.807) is 0 Å². The highest BCUT2D eigenvalue weighted by atomic mass is 79.9. The molecule has 0 aliphatic heterocycles. The van der Waals surface area contributed by atoms with E-state index in [0.29, 0.717) is 0 Å². The van der Waals surface area contributed by atoms with Crippen LogP contribution in [0.5, 0.6) is 0 Å². The minimum Gasteiger partial charge on any atom is -0.306 e. The van der Waals surface area contributed by atoms with Crippen LogP contribution in [-0.2, 0) is 0 Å². The predicted molar refractivity (Wildman–Crippen MR) is 88.5 cm³/mol. The summed E-state index contributed by atoms with van der Waals surface area (Å²) in [6, 6.07) is 11.6. The summed E-state index contributed by atoms with van der Waals surface area (Å²) in [6.45, 7) is 0. The molecule has 0 aliphatic carbocycles. The van der Waals surface area contributed by atoms with Gasteiger partial charge in [-0.2, -0.15) is 0 Å². The first kappa shape index (κ1) is 13.9. The monoisotopic (exact) mass is 414 g/mol. The van der Waals surface area contributed by atoms with Gasteiger partial charge < -0.3 is 9.97 Å². The summed E-state index contributed by atoms with van der Waals surface area (Å²) in [7, 11) is 0. The van der Waals surface area contributed by atoms with Crippen molar-refractivity contribution in [1.82, 2.24) is 9.97 Å². The van der Waals surface area contributed by atoms with E-state index in [1.807, 2.05) is 36.4 Å². The van der Waals surface area contributed by atoms with Crippen molar-refractivity contribution in [2.24, 2.45) is 0 Å². The van der Waals surface area contributed by atoms with E-state index in [0.717, 1.165) is 31.1 Å². The second-order valence-corrected chi connectivity index (χ2v) is 6.62. The lowest BCUT2D eigenvalue weighted by Crippen LogP contribution is -1.99. The number of alkyl halides is 1. The Balaban J connectivity index is 2.10. The molecular weight excluding hydrogens is 407 g/mol. The van der Waals surface area contributed by atoms with Crippen LogP contribution in [0.4, 0.5) is 0 Å². The predicted octanol–water partition coefficient (Wildman–Crippen LogP) is 4.71. The van der Waals surface area contributed by atoms with Gasteiger partial charge in [0, 0.05) is 8.95 Å². The Kier molecular flexibility index (Phi) is 3.75. The highest BCUT2D eigenvalue weighted by molar-refractivity contribution is 9.10. The van der Waals surface area contributed by atoms with Crippen LogP contribution >= 0.6 is 43.5 Å². The Bertz CT molecular complexity index is 823. The molecule has 20 heavy (non-hydrogen) atoms. The normalized spacial score (nSPS) is 12.8. The van der Waals surface area contributed by atoms with Crippen molar-refractivity contribution in [1.29, 1.82) is 0 Å². The highest BCUT2D eigenvalue weighted by Gasteiger charge is 2.15. The zero-order valence-electron chi connectivity index (χ0n) is 10.1. The van der Waals surface area contributed by atoms with Gasteiger partial charge in [0.05, 0.1) is 16.4 Å². The second-order valence-electron chi connectivity index (χ2n) is 4.41. The number of benzene rings is 2. The Morgan fingerprint density at radius 1 is 1.00 bits per heavy atom. The van der Waals surface area contributed by atoms with Crippen molar-refractivity contribution >= 4 is 54.5 Å². The van der Waals surface area contributed by atoms with Crippen molar-refractivity contribution < 1.29 is 0 Å². The maximum Gasteiger partial charge on any atom is 0.323 e. The number of H-pyrrole nitrogens is 2. The largest absolute Gasteiger partial charge is 0.323 e. The van der Waals surface area contributed by atoms with Crippen molar-refractivity contribution in [3.63, 3.8) is 0 Å². The molecule has 0 amide bonds. The summed E-state index contributed by atoms with van der Waals surface area (Å²) in [5.74, 6) is 0. The molecule has 1 heterocycles. The molecule has 3 rings (SSSR count). The van der Waals surface area contributed by atoms with E-state index >= 15 is 0 Å². The average Bonchev–Trinajstić information content (AvgIpc) is 2.77. The van der Waals surface area contributed by atoms with Gasteiger partial charge in [-0.05, 0) is 35.4 Å². The van der Waals surface area contributed by atoms with Crippen LogP contribution in [-0.4, -0.2) is 9.97 Å². The fraction of sp³-hybridized carbons (Fsp3) is 0.0714. The molecule has 0 spiro atoms. The van der Waals surface area contributed by atoms with Crippen LogP contribution in [0, 0.1) is 0 Å². The van der Waals surface area contributed by atoms with E-state index in [2.05, 4.69) is 41.8 Å². The summed E-state index contributed by atoms with van der Waals surface area (Å²) >= 11 is 13.5. The minimum atomic E-state index is -0.291. The molecule has 3 nitrogen and oxygen atoms in total. The smallest absolute Gasteiger partial charge is 0.306 e. The van der Waals surface area contributed by atoms with Gasteiger partial charge in [0.15, 0.2) is 0 Å². The molecule has 0 saturated heterocycles. The van der Waals surface area contributed by atoms with Gasteiger partial charge in [0.25, 0.3) is 0 Å². The molecule has 0 fully saturated rings. The third-order valence-corrected chi connectivity index (χ3v) is 4.77. The number of aromatic amines is 2. The number of hydrogen-bond acceptors (Lipinski definition) is 1. The van der Waals surface area contributed by atoms with Crippen molar-refractivity contribution in [2.75, 3.05) is 0 Å². The maximum absolute atomic E-state index is 11.3. The topological polar surface area (TPSA) is 48.6 Å². The summed E-state index contributed by atoms with van der Waals surface area (Å²) in [5, 5.41) is -0.291. The van der Waals surface area contributed by atoms with Crippen molar-refractivity contribution in [3.8, 4) is 0 Å².